The van der Waals surface area contributed by atoms with Crippen LogP contribution in [0.25, 0.3) is 0 Å². The molecule has 0 bridgehead atoms. The third-order valence-electron chi connectivity index (χ3n) is 4.81. The molecule has 0 amide bonds. The molecule has 1 aliphatic carbocycles. The Morgan fingerprint density at radius 1 is 1.25 bits per heavy atom. The summed E-state index contributed by atoms with van der Waals surface area (Å²) in [4.78, 5) is 6.91. The van der Waals surface area contributed by atoms with Crippen LogP contribution in [0.2, 0.25) is 0 Å². The van der Waals surface area contributed by atoms with Crippen molar-refractivity contribution in [1.29, 1.82) is 0 Å². The number of aromatic nitrogens is 2. The van der Waals surface area contributed by atoms with E-state index < -0.39 is 0 Å². The van der Waals surface area contributed by atoms with E-state index in [1.807, 2.05) is 0 Å². The Bertz CT molecular complexity index is 408. The third-order valence-corrected chi connectivity index (χ3v) is 4.81. The second kappa shape index (κ2) is 6.68. The largest absolute Gasteiger partial charge is 0.339 e. The third kappa shape index (κ3) is 3.04. The molecular weight excluding hydrogens is 252 g/mol. The summed E-state index contributed by atoms with van der Waals surface area (Å²) in [7, 11) is 0. The molecule has 1 heterocycles. The summed E-state index contributed by atoms with van der Waals surface area (Å²) in [6.07, 6.45) is 5.92. The van der Waals surface area contributed by atoms with Gasteiger partial charge in [0.25, 0.3) is 0 Å². The predicted molar refractivity (Wildman–Crippen MR) is 79.5 cm³/mol. The highest BCUT2D eigenvalue weighted by molar-refractivity contribution is 5.09. The van der Waals surface area contributed by atoms with Gasteiger partial charge >= 0.3 is 0 Å². The summed E-state index contributed by atoms with van der Waals surface area (Å²) in [6, 6.07) is -0.164. The van der Waals surface area contributed by atoms with E-state index in [1.165, 1.54) is 12.8 Å². The van der Waals surface area contributed by atoms with E-state index in [-0.39, 0.29) is 11.5 Å². The maximum Gasteiger partial charge on any atom is 0.232 e. The molecule has 2 rings (SSSR count). The molecule has 5 heteroatoms. The zero-order chi connectivity index (χ0) is 14.6. The standard InChI is InChI=1S/C15H28N4O/c1-4-15(9-7-8-10-15)14-17-13(18-20-14)12(16)11-19(5-2)6-3/h12H,4-11,16H2,1-3H3. The van der Waals surface area contributed by atoms with Crippen LogP contribution < -0.4 is 5.73 Å². The average Bonchev–Trinajstić information content (AvgIpc) is 3.13. The number of hydrogen-bond acceptors (Lipinski definition) is 5. The number of likely N-dealkylation sites (N-methyl/N-ethyl adjacent to an activating group) is 1. The molecule has 1 saturated carbocycles. The van der Waals surface area contributed by atoms with Gasteiger partial charge in [-0.05, 0) is 32.4 Å². The van der Waals surface area contributed by atoms with Gasteiger partial charge in [-0.3, -0.25) is 0 Å². The summed E-state index contributed by atoms with van der Waals surface area (Å²) >= 11 is 0. The lowest BCUT2D eigenvalue weighted by Crippen LogP contribution is -2.32. The fraction of sp³-hybridized carbons (Fsp3) is 0.867. The Hall–Kier alpha value is -0.940. The molecule has 1 aliphatic rings. The van der Waals surface area contributed by atoms with Gasteiger partial charge in [-0.25, -0.2) is 0 Å². The molecule has 0 aromatic carbocycles. The summed E-state index contributed by atoms with van der Waals surface area (Å²) in [5, 5.41) is 4.14. The molecule has 1 atom stereocenters. The van der Waals surface area contributed by atoms with Crippen LogP contribution in [0, 0.1) is 0 Å². The Labute approximate surface area is 121 Å². The topological polar surface area (TPSA) is 68.2 Å². The molecular formula is C15H28N4O. The summed E-state index contributed by atoms with van der Waals surface area (Å²) in [5.41, 5.74) is 6.33. The van der Waals surface area contributed by atoms with Crippen molar-refractivity contribution < 1.29 is 4.52 Å². The maximum absolute atomic E-state index is 6.22. The van der Waals surface area contributed by atoms with Gasteiger partial charge in [0.2, 0.25) is 5.89 Å². The van der Waals surface area contributed by atoms with Crippen molar-refractivity contribution in [2.75, 3.05) is 19.6 Å². The molecule has 0 saturated heterocycles. The molecule has 1 aromatic heterocycles. The van der Waals surface area contributed by atoms with Crippen molar-refractivity contribution in [2.45, 2.75) is 64.3 Å². The zero-order valence-corrected chi connectivity index (χ0v) is 13.1. The smallest absolute Gasteiger partial charge is 0.232 e. The maximum atomic E-state index is 6.22. The average molecular weight is 280 g/mol. The number of nitrogens with zero attached hydrogens (tertiary/aromatic N) is 3. The van der Waals surface area contributed by atoms with Gasteiger partial charge < -0.3 is 15.2 Å². The Balaban J connectivity index is 2.08. The van der Waals surface area contributed by atoms with E-state index in [0.717, 1.165) is 44.8 Å². The lowest BCUT2D eigenvalue weighted by molar-refractivity contribution is 0.264. The highest BCUT2D eigenvalue weighted by Gasteiger charge is 2.39. The molecule has 20 heavy (non-hydrogen) atoms. The molecule has 0 aliphatic heterocycles. The molecule has 0 radical (unpaired) electrons. The summed E-state index contributed by atoms with van der Waals surface area (Å²) in [5.74, 6) is 1.47. The second-order valence-corrected chi connectivity index (χ2v) is 5.89. The molecule has 1 aromatic rings. The molecule has 0 spiro atoms. The van der Waals surface area contributed by atoms with Crippen LogP contribution in [0.15, 0.2) is 4.52 Å². The fourth-order valence-electron chi connectivity index (χ4n) is 3.21. The van der Waals surface area contributed by atoms with Crippen LogP contribution in [0.1, 0.15) is 70.6 Å². The molecule has 1 fully saturated rings. The number of hydrogen-bond donors (Lipinski definition) is 1. The Morgan fingerprint density at radius 2 is 1.90 bits per heavy atom. The number of rotatable bonds is 7. The number of nitrogens with two attached hydrogens (primary N) is 1. The van der Waals surface area contributed by atoms with Crippen molar-refractivity contribution in [3.05, 3.63) is 11.7 Å². The zero-order valence-electron chi connectivity index (χ0n) is 13.1. The fourth-order valence-corrected chi connectivity index (χ4v) is 3.21. The van der Waals surface area contributed by atoms with Gasteiger partial charge in [0.1, 0.15) is 0 Å². The van der Waals surface area contributed by atoms with Crippen molar-refractivity contribution in [1.82, 2.24) is 15.0 Å². The van der Waals surface area contributed by atoms with Crippen LogP contribution in [0.4, 0.5) is 0 Å². The lowest BCUT2D eigenvalue weighted by atomic mass is 9.83. The van der Waals surface area contributed by atoms with Crippen LogP contribution in [0.5, 0.6) is 0 Å². The van der Waals surface area contributed by atoms with Gasteiger partial charge in [-0.2, -0.15) is 4.98 Å². The van der Waals surface area contributed by atoms with Gasteiger partial charge in [0.05, 0.1) is 6.04 Å². The van der Waals surface area contributed by atoms with Crippen LogP contribution in [-0.4, -0.2) is 34.7 Å². The Morgan fingerprint density at radius 3 is 2.45 bits per heavy atom. The highest BCUT2D eigenvalue weighted by atomic mass is 16.5. The van der Waals surface area contributed by atoms with Crippen molar-refractivity contribution in [3.63, 3.8) is 0 Å². The van der Waals surface area contributed by atoms with Crippen LogP contribution >= 0.6 is 0 Å². The molecule has 5 nitrogen and oxygen atoms in total. The molecule has 114 valence electrons. The highest BCUT2D eigenvalue weighted by Crippen LogP contribution is 2.42. The first-order valence-electron chi connectivity index (χ1n) is 7.97. The van der Waals surface area contributed by atoms with E-state index >= 15 is 0 Å². The van der Waals surface area contributed by atoms with E-state index in [1.54, 1.807) is 0 Å². The van der Waals surface area contributed by atoms with Crippen molar-refractivity contribution in [2.24, 2.45) is 5.73 Å². The SMILES string of the molecule is CCN(CC)CC(N)c1noc(C2(CC)CCCC2)n1. The van der Waals surface area contributed by atoms with Crippen LogP contribution in [0.3, 0.4) is 0 Å². The summed E-state index contributed by atoms with van der Waals surface area (Å²) < 4.78 is 5.55. The van der Waals surface area contributed by atoms with Gasteiger partial charge in [-0.1, -0.05) is 38.8 Å². The van der Waals surface area contributed by atoms with E-state index in [0.29, 0.717) is 5.82 Å². The van der Waals surface area contributed by atoms with Crippen LogP contribution in [-0.2, 0) is 5.41 Å². The molecule has 1 unspecified atom stereocenters. The molecule has 2 N–H and O–H groups in total. The minimum Gasteiger partial charge on any atom is -0.339 e. The Kier molecular flexibility index (Phi) is 5.16. The monoisotopic (exact) mass is 280 g/mol. The first kappa shape index (κ1) is 15.4. The first-order valence-corrected chi connectivity index (χ1v) is 7.97. The van der Waals surface area contributed by atoms with Crippen molar-refractivity contribution >= 4 is 0 Å². The van der Waals surface area contributed by atoms with Gasteiger partial charge in [-0.15, -0.1) is 0 Å². The normalized spacial score (nSPS) is 19.6. The van der Waals surface area contributed by atoms with Gasteiger partial charge in [0.15, 0.2) is 5.82 Å². The summed E-state index contributed by atoms with van der Waals surface area (Å²) in [6.45, 7) is 9.27. The van der Waals surface area contributed by atoms with E-state index in [4.69, 9.17) is 10.3 Å². The van der Waals surface area contributed by atoms with Gasteiger partial charge in [0, 0.05) is 12.0 Å². The quantitative estimate of drug-likeness (QED) is 0.831. The van der Waals surface area contributed by atoms with Crippen molar-refractivity contribution in [3.8, 4) is 0 Å². The van der Waals surface area contributed by atoms with E-state index in [2.05, 4.69) is 35.8 Å². The first-order chi connectivity index (χ1) is 9.65. The second-order valence-electron chi connectivity index (χ2n) is 5.89. The lowest BCUT2D eigenvalue weighted by Gasteiger charge is -2.22. The minimum atomic E-state index is -0.164. The minimum absolute atomic E-state index is 0.111. The van der Waals surface area contributed by atoms with E-state index in [9.17, 15) is 0 Å². The predicted octanol–water partition coefficient (Wildman–Crippen LogP) is 2.63.